The topological polar surface area (TPSA) is 60.4 Å². The Labute approximate surface area is 83.1 Å². The van der Waals surface area contributed by atoms with Crippen LogP contribution in [0.2, 0.25) is 0 Å². The zero-order valence-electron chi connectivity index (χ0n) is 7.17. The Morgan fingerprint density at radius 3 is 2.86 bits per heavy atom. The molecule has 0 aliphatic carbocycles. The van der Waals surface area contributed by atoms with E-state index < -0.39 is 10.9 Å². The van der Waals surface area contributed by atoms with Crippen molar-refractivity contribution in [2.24, 2.45) is 0 Å². The Hall–Kier alpha value is -1.55. The van der Waals surface area contributed by atoms with Gasteiger partial charge in [-0.1, -0.05) is 0 Å². The number of hydrogen-bond donors (Lipinski definition) is 0. The van der Waals surface area contributed by atoms with Gasteiger partial charge in [0.05, 0.1) is 5.56 Å². The molecule has 2 rings (SSSR count). The van der Waals surface area contributed by atoms with E-state index in [4.69, 9.17) is 20.4 Å². The monoisotopic (exact) mass is 212 g/mol. The molecule has 0 unspecified atom stereocenters. The summed E-state index contributed by atoms with van der Waals surface area (Å²) >= 11 is 5.26. The van der Waals surface area contributed by atoms with Gasteiger partial charge in [0, 0.05) is 6.07 Å². The molecule has 5 heteroatoms. The fraction of sp³-hybridized carbons (Fsp3) is 0.111. The molecular formula is C9H5ClO4. The maximum absolute atomic E-state index is 11.3. The molecule has 0 fully saturated rings. The first-order valence-corrected chi connectivity index (χ1v) is 4.19. The lowest BCUT2D eigenvalue weighted by Gasteiger charge is -1.90. The molecule has 0 atom stereocenters. The van der Waals surface area contributed by atoms with Crippen LogP contribution >= 0.6 is 11.6 Å². The van der Waals surface area contributed by atoms with Gasteiger partial charge >= 0.3 is 5.63 Å². The first kappa shape index (κ1) is 9.02. The lowest BCUT2D eigenvalue weighted by atomic mass is 10.2. The van der Waals surface area contributed by atoms with E-state index in [-0.39, 0.29) is 10.9 Å². The lowest BCUT2D eigenvalue weighted by molar-refractivity contribution is 0.108. The lowest BCUT2D eigenvalue weighted by Crippen LogP contribution is -2.02. The second kappa shape index (κ2) is 2.99. The van der Waals surface area contributed by atoms with Crippen LogP contribution in [0.4, 0.5) is 0 Å². The van der Waals surface area contributed by atoms with E-state index in [9.17, 15) is 9.59 Å². The number of furan rings is 1. The first-order chi connectivity index (χ1) is 6.59. The Bertz CT molecular complexity index is 564. The molecule has 0 N–H and O–H groups in total. The van der Waals surface area contributed by atoms with Gasteiger partial charge in [0.25, 0.3) is 5.24 Å². The predicted octanol–water partition coefficient (Wildman–Crippen LogP) is 2.07. The zero-order valence-corrected chi connectivity index (χ0v) is 7.92. The van der Waals surface area contributed by atoms with E-state index in [0.29, 0.717) is 11.3 Å². The molecule has 14 heavy (non-hydrogen) atoms. The molecule has 0 aromatic carbocycles. The molecule has 72 valence electrons. The number of carbonyl (C=O) groups is 1. The van der Waals surface area contributed by atoms with Crippen LogP contribution in [0.1, 0.15) is 16.1 Å². The van der Waals surface area contributed by atoms with E-state index in [1.807, 2.05) is 0 Å². The summed E-state index contributed by atoms with van der Waals surface area (Å²) in [5.74, 6) is 0.422. The van der Waals surface area contributed by atoms with Crippen molar-refractivity contribution < 1.29 is 13.6 Å². The SMILES string of the molecule is Cc1cc2occ(C(=O)Cl)c2c(=O)o1. The molecule has 0 saturated heterocycles. The molecule has 0 radical (unpaired) electrons. The number of hydrogen-bond acceptors (Lipinski definition) is 4. The standard InChI is InChI=1S/C9H5ClO4/c1-4-2-6-7(9(12)14-4)5(3-13-6)8(10)11/h2-3H,1H3. The van der Waals surface area contributed by atoms with Crippen LogP contribution in [0.5, 0.6) is 0 Å². The van der Waals surface area contributed by atoms with Crippen molar-refractivity contribution in [1.82, 2.24) is 0 Å². The second-order valence-electron chi connectivity index (χ2n) is 2.81. The third-order valence-corrected chi connectivity index (χ3v) is 2.03. The minimum Gasteiger partial charge on any atom is -0.463 e. The van der Waals surface area contributed by atoms with Crippen molar-refractivity contribution in [2.45, 2.75) is 6.92 Å². The van der Waals surface area contributed by atoms with Crippen molar-refractivity contribution in [3.63, 3.8) is 0 Å². The van der Waals surface area contributed by atoms with Gasteiger partial charge in [-0.2, -0.15) is 0 Å². The summed E-state index contributed by atoms with van der Waals surface area (Å²) in [5, 5.41) is -0.643. The van der Waals surface area contributed by atoms with Crippen LogP contribution in [-0.4, -0.2) is 5.24 Å². The summed E-state index contributed by atoms with van der Waals surface area (Å²) in [5.41, 5.74) is -0.268. The van der Waals surface area contributed by atoms with Crippen molar-refractivity contribution >= 4 is 27.8 Å². The minimum absolute atomic E-state index is 0.0374. The number of fused-ring (bicyclic) bond motifs is 1. The molecule has 2 aromatic heterocycles. The van der Waals surface area contributed by atoms with Crippen LogP contribution in [0, 0.1) is 6.92 Å². The third-order valence-electron chi connectivity index (χ3n) is 1.82. The molecule has 4 nitrogen and oxygen atoms in total. The van der Waals surface area contributed by atoms with Gasteiger partial charge in [0.1, 0.15) is 23.0 Å². The van der Waals surface area contributed by atoms with Gasteiger partial charge in [-0.15, -0.1) is 0 Å². The zero-order chi connectivity index (χ0) is 10.3. The largest absolute Gasteiger partial charge is 0.463 e. The van der Waals surface area contributed by atoms with Crippen LogP contribution in [-0.2, 0) is 0 Å². The molecule has 0 saturated carbocycles. The number of rotatable bonds is 1. The average Bonchev–Trinajstić information content (AvgIpc) is 2.47. The highest BCUT2D eigenvalue weighted by Gasteiger charge is 2.16. The Morgan fingerprint density at radius 2 is 2.21 bits per heavy atom. The van der Waals surface area contributed by atoms with E-state index in [0.717, 1.165) is 6.26 Å². The highest BCUT2D eigenvalue weighted by Crippen LogP contribution is 2.19. The summed E-state index contributed by atoms with van der Waals surface area (Å²) in [6, 6.07) is 1.53. The highest BCUT2D eigenvalue weighted by atomic mass is 35.5. The number of carbonyl (C=O) groups excluding carboxylic acids is 1. The molecule has 0 amide bonds. The molecule has 2 aromatic rings. The smallest absolute Gasteiger partial charge is 0.347 e. The van der Waals surface area contributed by atoms with E-state index in [2.05, 4.69) is 0 Å². The Kier molecular flexibility index (Phi) is 1.93. The van der Waals surface area contributed by atoms with Gasteiger partial charge < -0.3 is 8.83 Å². The van der Waals surface area contributed by atoms with Gasteiger partial charge in [0.15, 0.2) is 0 Å². The van der Waals surface area contributed by atoms with Gasteiger partial charge in [0.2, 0.25) is 0 Å². The van der Waals surface area contributed by atoms with Crippen LogP contribution in [0.3, 0.4) is 0 Å². The summed E-state index contributed by atoms with van der Waals surface area (Å²) in [6.45, 7) is 1.62. The van der Waals surface area contributed by atoms with Crippen LogP contribution in [0.25, 0.3) is 11.0 Å². The molecule has 0 bridgehead atoms. The fourth-order valence-corrected chi connectivity index (χ4v) is 1.38. The normalized spacial score (nSPS) is 10.7. The summed E-state index contributed by atoms with van der Waals surface area (Å²) in [7, 11) is 0. The van der Waals surface area contributed by atoms with Crippen molar-refractivity contribution in [1.29, 1.82) is 0 Å². The van der Waals surface area contributed by atoms with E-state index in [1.165, 1.54) is 6.07 Å². The Balaban J connectivity index is 2.93. The van der Waals surface area contributed by atoms with Crippen LogP contribution < -0.4 is 5.63 Å². The maximum Gasteiger partial charge on any atom is 0.347 e. The second-order valence-corrected chi connectivity index (χ2v) is 3.15. The molecule has 0 spiro atoms. The summed E-state index contributed by atoms with van der Waals surface area (Å²) in [6.07, 6.45) is 1.15. The first-order valence-electron chi connectivity index (χ1n) is 3.81. The maximum atomic E-state index is 11.3. The van der Waals surface area contributed by atoms with Gasteiger partial charge in [-0.25, -0.2) is 4.79 Å². The predicted molar refractivity (Wildman–Crippen MR) is 49.7 cm³/mol. The van der Waals surface area contributed by atoms with Gasteiger partial charge in [-0.05, 0) is 18.5 Å². The van der Waals surface area contributed by atoms with Crippen molar-refractivity contribution in [3.05, 3.63) is 34.1 Å². The fourth-order valence-electron chi connectivity index (χ4n) is 1.25. The van der Waals surface area contributed by atoms with E-state index >= 15 is 0 Å². The Morgan fingerprint density at radius 1 is 1.50 bits per heavy atom. The van der Waals surface area contributed by atoms with Crippen molar-refractivity contribution in [3.8, 4) is 0 Å². The summed E-state index contributed by atoms with van der Waals surface area (Å²) < 4.78 is 9.82. The quantitative estimate of drug-likeness (QED) is 0.679. The highest BCUT2D eigenvalue weighted by molar-refractivity contribution is 6.68. The number of halogens is 1. The van der Waals surface area contributed by atoms with E-state index in [1.54, 1.807) is 6.92 Å². The summed E-state index contributed by atoms with van der Waals surface area (Å²) in [4.78, 5) is 22.2. The minimum atomic E-state index is -0.736. The van der Waals surface area contributed by atoms with Crippen LogP contribution in [0.15, 0.2) is 26.0 Å². The van der Waals surface area contributed by atoms with Gasteiger partial charge in [-0.3, -0.25) is 4.79 Å². The molecule has 0 aliphatic heterocycles. The average molecular weight is 213 g/mol. The van der Waals surface area contributed by atoms with Crippen molar-refractivity contribution in [2.75, 3.05) is 0 Å². The molecular weight excluding hydrogens is 208 g/mol. The third kappa shape index (κ3) is 1.24. The molecule has 2 heterocycles. The molecule has 0 aliphatic rings. The number of aryl methyl sites for hydroxylation is 1.